The number of anilines is 1. The summed E-state index contributed by atoms with van der Waals surface area (Å²) in [6.07, 6.45) is 2.67. The number of nitro groups is 1. The van der Waals surface area contributed by atoms with Crippen LogP contribution in [-0.4, -0.2) is 27.2 Å². The molecule has 0 saturated carbocycles. The van der Waals surface area contributed by atoms with E-state index >= 15 is 0 Å². The zero-order valence-electron chi connectivity index (χ0n) is 18.0. The van der Waals surface area contributed by atoms with Gasteiger partial charge >= 0.3 is 0 Å². The first-order valence-electron chi connectivity index (χ1n) is 10.1. The molecule has 0 radical (unpaired) electrons. The second kappa shape index (κ2) is 10.1. The van der Waals surface area contributed by atoms with Crippen molar-refractivity contribution in [1.82, 2.24) is 9.78 Å². The minimum Gasteiger partial charge on any atom is -0.492 e. The number of halogens is 1. The highest BCUT2D eigenvalue weighted by Crippen LogP contribution is 2.27. The topological polar surface area (TPSA) is 99.3 Å². The van der Waals surface area contributed by atoms with Gasteiger partial charge in [0.05, 0.1) is 11.5 Å². The number of aromatic nitrogens is 2. The van der Waals surface area contributed by atoms with Gasteiger partial charge in [-0.25, -0.2) is 4.68 Å². The second-order valence-corrected chi connectivity index (χ2v) is 7.35. The van der Waals surface area contributed by atoms with Crippen molar-refractivity contribution in [3.8, 4) is 5.69 Å². The van der Waals surface area contributed by atoms with Gasteiger partial charge < -0.3 is 10.1 Å². The lowest BCUT2D eigenvalue weighted by Gasteiger charge is -2.09. The van der Waals surface area contributed by atoms with Crippen LogP contribution in [0.5, 0.6) is 0 Å². The minimum absolute atomic E-state index is 0.154. The Labute approximate surface area is 190 Å². The molecule has 9 heteroatoms. The Hall–Kier alpha value is -3.65. The minimum atomic E-state index is -0.527. The van der Waals surface area contributed by atoms with Crippen LogP contribution >= 0.6 is 11.6 Å². The van der Waals surface area contributed by atoms with Crippen LogP contribution in [0.2, 0.25) is 5.02 Å². The number of hydrogen-bond acceptors (Lipinski definition) is 5. The first-order valence-corrected chi connectivity index (χ1v) is 10.5. The number of aryl methyl sites for hydroxylation is 1. The maximum atomic E-state index is 12.6. The number of nitro benzene ring substituents is 1. The van der Waals surface area contributed by atoms with E-state index in [2.05, 4.69) is 10.4 Å². The van der Waals surface area contributed by atoms with Crippen molar-refractivity contribution in [2.24, 2.45) is 0 Å². The van der Waals surface area contributed by atoms with E-state index in [9.17, 15) is 14.9 Å². The number of rotatable bonds is 8. The normalized spacial score (nSPS) is 11.3. The molecule has 166 valence electrons. The van der Waals surface area contributed by atoms with Gasteiger partial charge in [0, 0.05) is 28.0 Å². The molecule has 8 nitrogen and oxygen atoms in total. The van der Waals surface area contributed by atoms with Crippen LogP contribution in [-0.2, 0) is 4.74 Å². The predicted octanol–water partition coefficient (Wildman–Crippen LogP) is 5.78. The smallest absolute Gasteiger partial charge is 0.295 e. The van der Waals surface area contributed by atoms with Crippen molar-refractivity contribution in [3.63, 3.8) is 0 Å². The maximum Gasteiger partial charge on any atom is 0.295 e. The van der Waals surface area contributed by atoms with Gasteiger partial charge in [0.15, 0.2) is 0 Å². The number of nitrogens with zero attached hydrogens (tertiary/aromatic N) is 3. The first kappa shape index (κ1) is 23.0. The molecule has 2 aromatic carbocycles. The molecule has 3 aromatic rings. The molecule has 1 N–H and O–H groups in total. The number of nitrogens with one attached hydrogen (secondary N) is 1. The van der Waals surface area contributed by atoms with Gasteiger partial charge in [-0.15, -0.1) is 0 Å². The van der Waals surface area contributed by atoms with E-state index < -0.39 is 10.8 Å². The van der Waals surface area contributed by atoms with Crippen LogP contribution in [0, 0.1) is 17.0 Å². The van der Waals surface area contributed by atoms with Gasteiger partial charge in [0.25, 0.3) is 11.6 Å². The first-order chi connectivity index (χ1) is 15.3. The third-order valence-corrected chi connectivity index (χ3v) is 4.85. The van der Waals surface area contributed by atoms with Crippen molar-refractivity contribution < 1.29 is 14.5 Å². The molecule has 0 unspecified atom stereocenters. The lowest BCUT2D eigenvalue weighted by Crippen LogP contribution is -2.13. The van der Waals surface area contributed by atoms with Gasteiger partial charge in [-0.3, -0.25) is 14.9 Å². The Morgan fingerprint density at radius 3 is 2.56 bits per heavy atom. The lowest BCUT2D eigenvalue weighted by molar-refractivity contribution is -0.384. The molecule has 0 aliphatic rings. The molecule has 1 aromatic heterocycles. The fourth-order valence-electron chi connectivity index (χ4n) is 3.14. The van der Waals surface area contributed by atoms with Crippen molar-refractivity contribution in [3.05, 3.63) is 86.7 Å². The summed E-state index contributed by atoms with van der Waals surface area (Å²) in [6, 6.07) is 12.7. The lowest BCUT2D eigenvalue weighted by atomic mass is 10.1. The highest BCUT2D eigenvalue weighted by molar-refractivity contribution is 6.30. The fraction of sp³-hybridized carbons (Fsp3) is 0.217. The summed E-state index contributed by atoms with van der Waals surface area (Å²) in [6.45, 7) is 6.15. The molecule has 0 bridgehead atoms. The highest BCUT2D eigenvalue weighted by atomic mass is 35.5. The van der Waals surface area contributed by atoms with E-state index in [4.69, 9.17) is 16.3 Å². The number of allylic oxidation sites excluding steroid dienone is 1. The predicted molar refractivity (Wildman–Crippen MR) is 124 cm³/mol. The van der Waals surface area contributed by atoms with Gasteiger partial charge in [-0.05, 0) is 68.8 Å². The second-order valence-electron chi connectivity index (χ2n) is 6.91. The van der Waals surface area contributed by atoms with Crippen molar-refractivity contribution in [2.45, 2.75) is 27.2 Å². The Morgan fingerprint density at radius 1 is 1.22 bits per heavy atom. The van der Waals surface area contributed by atoms with E-state index in [0.29, 0.717) is 34.5 Å². The molecule has 0 fully saturated rings. The summed E-state index contributed by atoms with van der Waals surface area (Å²) in [5, 5.41) is 19.6. The summed E-state index contributed by atoms with van der Waals surface area (Å²) in [5.41, 5.74) is 2.00. The van der Waals surface area contributed by atoms with E-state index in [1.54, 1.807) is 31.2 Å². The number of amides is 1. The van der Waals surface area contributed by atoms with E-state index in [1.165, 1.54) is 22.9 Å². The van der Waals surface area contributed by atoms with Crippen LogP contribution in [0.15, 0.2) is 54.6 Å². The van der Waals surface area contributed by atoms with E-state index in [1.807, 2.05) is 26.0 Å². The van der Waals surface area contributed by atoms with Crippen LogP contribution < -0.4 is 5.32 Å². The molecule has 32 heavy (non-hydrogen) atoms. The third kappa shape index (κ3) is 5.15. The number of carbonyl (C=O) groups is 1. The average molecular weight is 455 g/mol. The largest absolute Gasteiger partial charge is 0.492 e. The van der Waals surface area contributed by atoms with Gasteiger partial charge in [0.2, 0.25) is 0 Å². The highest BCUT2D eigenvalue weighted by Gasteiger charge is 2.22. The molecule has 3 rings (SSSR count). The van der Waals surface area contributed by atoms with Crippen LogP contribution in [0.1, 0.15) is 42.0 Å². The average Bonchev–Trinajstić information content (AvgIpc) is 3.16. The standard InChI is InChI=1S/C23H23ClN4O4/c1-4-6-22(32-5-2)19-13-15(3)27(26-19)20-12-7-16(14-21(20)28(30)31)23(29)25-18-10-8-17(24)9-11-18/h6-14H,4-5H2,1-3H3,(H,25,29)/b22-6+. The Morgan fingerprint density at radius 2 is 1.94 bits per heavy atom. The number of hydrogen-bond donors (Lipinski definition) is 1. The van der Waals surface area contributed by atoms with E-state index in [0.717, 1.165) is 6.42 Å². The Bertz CT molecular complexity index is 1170. The van der Waals surface area contributed by atoms with Crippen LogP contribution in [0.3, 0.4) is 0 Å². The van der Waals surface area contributed by atoms with Crippen LogP contribution in [0.25, 0.3) is 11.4 Å². The zero-order valence-corrected chi connectivity index (χ0v) is 18.7. The Kier molecular flexibility index (Phi) is 7.27. The molecule has 1 heterocycles. The zero-order chi connectivity index (χ0) is 23.3. The summed E-state index contributed by atoms with van der Waals surface area (Å²) >= 11 is 5.86. The van der Waals surface area contributed by atoms with Crippen molar-refractivity contribution in [2.75, 3.05) is 11.9 Å². The molecule has 1 amide bonds. The van der Waals surface area contributed by atoms with Gasteiger partial charge in [-0.1, -0.05) is 18.5 Å². The third-order valence-electron chi connectivity index (χ3n) is 4.59. The van der Waals surface area contributed by atoms with E-state index in [-0.39, 0.29) is 16.9 Å². The summed E-state index contributed by atoms with van der Waals surface area (Å²) in [4.78, 5) is 23.9. The summed E-state index contributed by atoms with van der Waals surface area (Å²) in [5.74, 6) is 0.155. The van der Waals surface area contributed by atoms with Gasteiger partial charge in [-0.2, -0.15) is 5.10 Å². The number of benzene rings is 2. The molecule has 0 saturated heterocycles. The molecule has 0 atom stereocenters. The molecular formula is C23H23ClN4O4. The van der Waals surface area contributed by atoms with Crippen LogP contribution in [0.4, 0.5) is 11.4 Å². The molecule has 0 aliphatic heterocycles. The SMILES string of the molecule is CC/C=C(/OCC)c1cc(C)n(-c2ccc(C(=O)Nc3ccc(Cl)cc3)cc2[N+](=O)[O-])n1. The summed E-state index contributed by atoms with van der Waals surface area (Å²) < 4.78 is 7.14. The number of carbonyl (C=O) groups excluding carboxylic acids is 1. The van der Waals surface area contributed by atoms with Crippen molar-refractivity contribution >= 4 is 34.6 Å². The van der Waals surface area contributed by atoms with Gasteiger partial charge in [0.1, 0.15) is 17.1 Å². The maximum absolute atomic E-state index is 12.6. The molecule has 0 spiro atoms. The van der Waals surface area contributed by atoms with Crippen molar-refractivity contribution in [1.29, 1.82) is 0 Å². The monoisotopic (exact) mass is 454 g/mol. The number of ether oxygens (including phenoxy) is 1. The molecular weight excluding hydrogens is 432 g/mol. The summed E-state index contributed by atoms with van der Waals surface area (Å²) in [7, 11) is 0. The fourth-order valence-corrected chi connectivity index (χ4v) is 3.27. The quantitative estimate of drug-likeness (QED) is 0.264. The molecule has 0 aliphatic carbocycles. The Balaban J connectivity index is 1.96.